The Labute approximate surface area is 198 Å². The smallest absolute Gasteiger partial charge is 0.426 e. The molecule has 0 saturated heterocycles. The van der Waals surface area contributed by atoms with E-state index in [1.54, 1.807) is 6.07 Å². The fourth-order valence-electron chi connectivity index (χ4n) is 3.64. The monoisotopic (exact) mass is 485 g/mol. The Bertz CT molecular complexity index is 866. The highest BCUT2D eigenvalue weighted by molar-refractivity contribution is 6.43. The van der Waals surface area contributed by atoms with E-state index in [1.807, 2.05) is 27.7 Å². The third-order valence-corrected chi connectivity index (χ3v) is 5.58. The van der Waals surface area contributed by atoms with Crippen LogP contribution in [0, 0.1) is 11.8 Å². The standard InChI is InChI=1S/C21H30BCl2N3O5/c1-12(2)7-18(22(30)31)26-20(29)21(9-13(3)4)10-15(27-32-21)11-25-19(28)16-8-14(23)5-6-17(16)24/h5-6,8,12-13,18,30-31H,7,9-11H2,1-4H3,(H,25,28)(H,26,29). The lowest BCUT2D eigenvalue weighted by atomic mass is 9.74. The molecule has 1 aromatic rings. The van der Waals surface area contributed by atoms with Gasteiger partial charge >= 0.3 is 7.12 Å². The zero-order chi connectivity index (χ0) is 24.1. The summed E-state index contributed by atoms with van der Waals surface area (Å²) in [5, 5.41) is 29.5. The van der Waals surface area contributed by atoms with Gasteiger partial charge in [0, 0.05) is 17.9 Å². The molecule has 32 heavy (non-hydrogen) atoms. The quantitative estimate of drug-likeness (QED) is 0.380. The largest absolute Gasteiger partial charge is 0.475 e. The number of hydrogen-bond acceptors (Lipinski definition) is 6. The Morgan fingerprint density at radius 3 is 2.50 bits per heavy atom. The molecule has 0 aromatic heterocycles. The van der Waals surface area contributed by atoms with Crippen LogP contribution in [0.25, 0.3) is 0 Å². The Kier molecular flexibility index (Phi) is 9.39. The molecule has 2 unspecified atom stereocenters. The van der Waals surface area contributed by atoms with Gasteiger partial charge in [-0.2, -0.15) is 0 Å². The fraction of sp³-hybridized carbons (Fsp3) is 0.571. The van der Waals surface area contributed by atoms with Crippen LogP contribution in [0.5, 0.6) is 0 Å². The van der Waals surface area contributed by atoms with Crippen LogP contribution in [-0.4, -0.2) is 52.8 Å². The average molecular weight is 486 g/mol. The molecule has 2 rings (SSSR count). The van der Waals surface area contributed by atoms with Gasteiger partial charge in [0.15, 0.2) is 0 Å². The van der Waals surface area contributed by atoms with Crippen molar-refractivity contribution in [2.75, 3.05) is 6.54 Å². The van der Waals surface area contributed by atoms with E-state index in [0.29, 0.717) is 23.6 Å². The van der Waals surface area contributed by atoms with Crippen LogP contribution in [0.1, 0.15) is 57.3 Å². The van der Waals surface area contributed by atoms with Gasteiger partial charge in [0.05, 0.1) is 28.8 Å². The second-order valence-corrected chi connectivity index (χ2v) is 9.79. The van der Waals surface area contributed by atoms with Crippen LogP contribution in [-0.2, 0) is 9.63 Å². The highest BCUT2D eigenvalue weighted by Crippen LogP contribution is 2.32. The van der Waals surface area contributed by atoms with Crippen molar-refractivity contribution in [2.45, 2.75) is 58.5 Å². The molecular formula is C21H30BCl2N3O5. The normalized spacial score (nSPS) is 18.9. The number of nitrogens with one attached hydrogen (secondary N) is 2. The minimum Gasteiger partial charge on any atom is -0.426 e. The summed E-state index contributed by atoms with van der Waals surface area (Å²) < 4.78 is 0. The Balaban J connectivity index is 2.07. The molecule has 0 bridgehead atoms. The number of nitrogens with zero attached hydrogens (tertiary/aromatic N) is 1. The van der Waals surface area contributed by atoms with Gasteiger partial charge in [0.1, 0.15) is 0 Å². The first-order valence-corrected chi connectivity index (χ1v) is 11.3. The van der Waals surface area contributed by atoms with Crippen molar-refractivity contribution in [3.05, 3.63) is 33.8 Å². The summed E-state index contributed by atoms with van der Waals surface area (Å²) >= 11 is 12.0. The summed E-state index contributed by atoms with van der Waals surface area (Å²) in [7, 11) is -1.69. The number of carbonyl (C=O) groups excluding carboxylic acids is 2. The summed E-state index contributed by atoms with van der Waals surface area (Å²) in [4.78, 5) is 31.2. The lowest BCUT2D eigenvalue weighted by molar-refractivity contribution is -0.146. The van der Waals surface area contributed by atoms with Gasteiger partial charge in [-0.1, -0.05) is 56.1 Å². The topological polar surface area (TPSA) is 120 Å². The van der Waals surface area contributed by atoms with Crippen LogP contribution in [0.15, 0.2) is 23.4 Å². The van der Waals surface area contributed by atoms with Gasteiger partial charge in [-0.25, -0.2) is 0 Å². The first-order chi connectivity index (χ1) is 14.9. The van der Waals surface area contributed by atoms with E-state index in [0.717, 1.165) is 0 Å². The molecule has 0 aliphatic carbocycles. The van der Waals surface area contributed by atoms with E-state index in [-0.39, 0.29) is 35.4 Å². The van der Waals surface area contributed by atoms with E-state index >= 15 is 0 Å². The minimum atomic E-state index is -1.69. The molecule has 1 aliphatic rings. The van der Waals surface area contributed by atoms with E-state index in [9.17, 15) is 19.6 Å². The zero-order valence-electron chi connectivity index (χ0n) is 18.7. The maximum absolute atomic E-state index is 13.1. The van der Waals surface area contributed by atoms with Crippen molar-refractivity contribution in [2.24, 2.45) is 17.0 Å². The number of amides is 2. The van der Waals surface area contributed by atoms with Crippen molar-refractivity contribution < 1.29 is 24.5 Å². The van der Waals surface area contributed by atoms with Gasteiger partial charge in [-0.05, 0) is 36.5 Å². The van der Waals surface area contributed by atoms with E-state index < -0.39 is 30.5 Å². The molecule has 4 N–H and O–H groups in total. The van der Waals surface area contributed by atoms with Crippen molar-refractivity contribution >= 4 is 47.8 Å². The maximum atomic E-state index is 13.1. The van der Waals surface area contributed by atoms with Crippen molar-refractivity contribution in [1.82, 2.24) is 10.6 Å². The van der Waals surface area contributed by atoms with Crippen molar-refractivity contribution in [3.63, 3.8) is 0 Å². The highest BCUT2D eigenvalue weighted by atomic mass is 35.5. The lowest BCUT2D eigenvalue weighted by Crippen LogP contribution is -2.55. The van der Waals surface area contributed by atoms with Crippen LogP contribution in [0.2, 0.25) is 10.0 Å². The molecule has 1 aliphatic heterocycles. The number of benzene rings is 1. The number of rotatable bonds is 10. The van der Waals surface area contributed by atoms with Crippen molar-refractivity contribution in [3.8, 4) is 0 Å². The van der Waals surface area contributed by atoms with Crippen LogP contribution in [0.4, 0.5) is 0 Å². The molecule has 2 atom stereocenters. The molecule has 1 heterocycles. The molecule has 0 fully saturated rings. The molecule has 176 valence electrons. The van der Waals surface area contributed by atoms with Crippen LogP contribution < -0.4 is 10.6 Å². The molecule has 0 saturated carbocycles. The van der Waals surface area contributed by atoms with Gasteiger partial charge < -0.3 is 25.5 Å². The summed E-state index contributed by atoms with van der Waals surface area (Å²) in [6, 6.07) is 4.60. The van der Waals surface area contributed by atoms with Crippen LogP contribution in [0.3, 0.4) is 0 Å². The predicted molar refractivity (Wildman–Crippen MR) is 126 cm³/mol. The van der Waals surface area contributed by atoms with E-state index in [1.165, 1.54) is 12.1 Å². The predicted octanol–water partition coefficient (Wildman–Crippen LogP) is 2.83. The Morgan fingerprint density at radius 2 is 1.91 bits per heavy atom. The van der Waals surface area contributed by atoms with Crippen molar-refractivity contribution in [1.29, 1.82) is 0 Å². The molecule has 0 radical (unpaired) electrons. The summed E-state index contributed by atoms with van der Waals surface area (Å²) in [6.07, 6.45) is 0.928. The molecule has 8 nitrogen and oxygen atoms in total. The highest BCUT2D eigenvalue weighted by Gasteiger charge is 2.48. The van der Waals surface area contributed by atoms with Gasteiger partial charge in [-0.15, -0.1) is 0 Å². The fourth-order valence-corrected chi connectivity index (χ4v) is 4.01. The molecule has 1 aromatic carbocycles. The summed E-state index contributed by atoms with van der Waals surface area (Å²) in [5.41, 5.74) is -0.568. The number of halogens is 2. The Hall–Kier alpha value is -1.81. The summed E-state index contributed by atoms with van der Waals surface area (Å²) in [5.74, 6) is -1.46. The second-order valence-electron chi connectivity index (χ2n) is 8.95. The third kappa shape index (κ3) is 7.10. The minimum absolute atomic E-state index is 0.0623. The number of hydrogen-bond donors (Lipinski definition) is 4. The molecular weight excluding hydrogens is 456 g/mol. The van der Waals surface area contributed by atoms with E-state index in [2.05, 4.69) is 15.8 Å². The molecule has 11 heteroatoms. The molecule has 0 spiro atoms. The second kappa shape index (κ2) is 11.4. The molecule has 2 amide bonds. The lowest BCUT2D eigenvalue weighted by Gasteiger charge is -2.30. The zero-order valence-corrected chi connectivity index (χ0v) is 20.2. The Morgan fingerprint density at radius 1 is 1.22 bits per heavy atom. The third-order valence-electron chi connectivity index (χ3n) is 5.02. The van der Waals surface area contributed by atoms with Gasteiger partial charge in [-0.3, -0.25) is 9.59 Å². The van der Waals surface area contributed by atoms with Crippen LogP contribution >= 0.6 is 23.2 Å². The first kappa shape index (κ1) is 26.4. The van der Waals surface area contributed by atoms with Gasteiger partial charge in [0.25, 0.3) is 11.8 Å². The summed E-state index contributed by atoms with van der Waals surface area (Å²) in [6.45, 7) is 7.81. The SMILES string of the molecule is CC(C)CC(NC(=O)C1(CC(C)C)CC(CNC(=O)c2cc(Cl)ccc2Cl)=NO1)B(O)O. The van der Waals surface area contributed by atoms with E-state index in [4.69, 9.17) is 28.0 Å². The maximum Gasteiger partial charge on any atom is 0.475 e. The van der Waals surface area contributed by atoms with Gasteiger partial charge in [0.2, 0.25) is 5.60 Å². The number of carbonyl (C=O) groups is 2. The average Bonchev–Trinajstić information content (AvgIpc) is 3.10. The number of oxime groups is 1. The first-order valence-electron chi connectivity index (χ1n) is 10.6.